The Hall–Kier alpha value is -2.88. The van der Waals surface area contributed by atoms with Crippen LogP contribution in [-0.4, -0.2) is 25.2 Å². The number of esters is 2. The molecule has 0 spiro atoms. The maximum Gasteiger partial charge on any atom is 0.310 e. The molecule has 0 amide bonds. The Kier molecular flexibility index (Phi) is 6.32. The molecule has 0 saturated carbocycles. The second-order valence-electron chi connectivity index (χ2n) is 5.31. The summed E-state index contributed by atoms with van der Waals surface area (Å²) in [6, 6.07) is 11.5. The van der Waals surface area contributed by atoms with Gasteiger partial charge in [0.1, 0.15) is 13.2 Å². The van der Waals surface area contributed by atoms with Crippen molar-refractivity contribution in [1.29, 1.82) is 0 Å². The van der Waals surface area contributed by atoms with Crippen molar-refractivity contribution in [2.24, 2.45) is 0 Å². The molecule has 0 fully saturated rings. The minimum absolute atomic E-state index is 0.220. The Morgan fingerprint density at radius 3 is 1.58 bits per heavy atom. The van der Waals surface area contributed by atoms with Gasteiger partial charge in [-0.1, -0.05) is 61.7 Å². The third-order valence-corrected chi connectivity index (χ3v) is 3.39. The monoisotopic (exact) mass is 324 g/mol. The Bertz CT molecular complexity index is 696. The summed E-state index contributed by atoms with van der Waals surface area (Å²) in [5, 5.41) is 2.01. The van der Waals surface area contributed by atoms with E-state index in [9.17, 15) is 9.59 Å². The summed E-state index contributed by atoms with van der Waals surface area (Å²) in [7, 11) is 0. The van der Waals surface area contributed by atoms with E-state index in [-0.39, 0.29) is 38.0 Å². The SMILES string of the molecule is C=CCOC(=O)Cc1ccc2cc(CC(=O)OCC=C)ccc2c1. The third-order valence-electron chi connectivity index (χ3n) is 3.39. The Labute approximate surface area is 141 Å². The molecule has 4 nitrogen and oxygen atoms in total. The van der Waals surface area contributed by atoms with Crippen LogP contribution in [0.3, 0.4) is 0 Å². The standard InChI is InChI=1S/C20H20O4/c1-3-9-23-19(21)13-15-5-7-18-12-16(6-8-17(18)11-15)14-20(22)24-10-4-2/h3-8,11-12H,1-2,9-10,13-14H2. The number of benzene rings is 2. The van der Waals surface area contributed by atoms with Gasteiger partial charge in [0.2, 0.25) is 0 Å². The van der Waals surface area contributed by atoms with Crippen molar-refractivity contribution >= 4 is 22.7 Å². The van der Waals surface area contributed by atoms with E-state index in [1.165, 1.54) is 0 Å². The second kappa shape index (κ2) is 8.67. The zero-order chi connectivity index (χ0) is 17.4. The lowest BCUT2D eigenvalue weighted by molar-refractivity contribution is -0.142. The summed E-state index contributed by atoms with van der Waals surface area (Å²) in [6.07, 6.45) is 3.53. The summed E-state index contributed by atoms with van der Waals surface area (Å²) in [5.74, 6) is -0.563. The van der Waals surface area contributed by atoms with Crippen LogP contribution in [0.2, 0.25) is 0 Å². The van der Waals surface area contributed by atoms with Gasteiger partial charge in [0, 0.05) is 0 Å². The molecule has 2 aromatic rings. The molecule has 2 aromatic carbocycles. The number of ether oxygens (including phenoxy) is 2. The zero-order valence-corrected chi connectivity index (χ0v) is 13.5. The fourth-order valence-corrected chi connectivity index (χ4v) is 2.30. The second-order valence-corrected chi connectivity index (χ2v) is 5.31. The molecule has 0 aliphatic carbocycles. The molecule has 24 heavy (non-hydrogen) atoms. The lowest BCUT2D eigenvalue weighted by atomic mass is 10.0. The van der Waals surface area contributed by atoms with E-state index in [1.807, 2.05) is 36.4 Å². The van der Waals surface area contributed by atoms with E-state index in [2.05, 4.69) is 13.2 Å². The fourth-order valence-electron chi connectivity index (χ4n) is 2.30. The quantitative estimate of drug-likeness (QED) is 0.552. The lowest BCUT2D eigenvalue weighted by Gasteiger charge is -2.07. The van der Waals surface area contributed by atoms with Gasteiger partial charge in [-0.15, -0.1) is 0 Å². The molecular weight excluding hydrogens is 304 g/mol. The van der Waals surface area contributed by atoms with Gasteiger partial charge in [-0.2, -0.15) is 0 Å². The van der Waals surface area contributed by atoms with Crippen molar-refractivity contribution in [2.75, 3.05) is 13.2 Å². The minimum atomic E-state index is -0.282. The van der Waals surface area contributed by atoms with Gasteiger partial charge in [-0.3, -0.25) is 9.59 Å². The van der Waals surface area contributed by atoms with Crippen LogP contribution in [0.15, 0.2) is 61.7 Å². The van der Waals surface area contributed by atoms with Crippen molar-refractivity contribution in [1.82, 2.24) is 0 Å². The van der Waals surface area contributed by atoms with Crippen LogP contribution in [0.25, 0.3) is 10.8 Å². The smallest absolute Gasteiger partial charge is 0.310 e. The number of carbonyl (C=O) groups is 2. The van der Waals surface area contributed by atoms with E-state index in [1.54, 1.807) is 12.2 Å². The molecule has 0 aliphatic rings. The predicted molar refractivity (Wildman–Crippen MR) is 93.7 cm³/mol. The van der Waals surface area contributed by atoms with Gasteiger partial charge in [0.05, 0.1) is 12.8 Å². The molecule has 0 atom stereocenters. The Morgan fingerprint density at radius 2 is 1.21 bits per heavy atom. The highest BCUT2D eigenvalue weighted by molar-refractivity contribution is 5.86. The third kappa shape index (κ3) is 5.09. The van der Waals surface area contributed by atoms with Gasteiger partial charge in [-0.25, -0.2) is 0 Å². The largest absolute Gasteiger partial charge is 0.461 e. The first-order valence-corrected chi connectivity index (χ1v) is 7.67. The van der Waals surface area contributed by atoms with Gasteiger partial charge < -0.3 is 9.47 Å². The van der Waals surface area contributed by atoms with Gasteiger partial charge in [-0.05, 0) is 21.9 Å². The summed E-state index contributed by atoms with van der Waals surface area (Å²) < 4.78 is 9.97. The summed E-state index contributed by atoms with van der Waals surface area (Å²) in [6.45, 7) is 7.46. The molecule has 0 bridgehead atoms. The van der Waals surface area contributed by atoms with Crippen molar-refractivity contribution in [3.05, 3.63) is 72.8 Å². The number of hydrogen-bond donors (Lipinski definition) is 0. The van der Waals surface area contributed by atoms with Crippen LogP contribution in [0.1, 0.15) is 11.1 Å². The average molecular weight is 324 g/mol. The van der Waals surface area contributed by atoms with Crippen molar-refractivity contribution in [3.8, 4) is 0 Å². The maximum atomic E-state index is 11.6. The molecule has 2 rings (SSSR count). The van der Waals surface area contributed by atoms with Crippen molar-refractivity contribution in [2.45, 2.75) is 12.8 Å². The van der Waals surface area contributed by atoms with Crippen LogP contribution >= 0.6 is 0 Å². The highest BCUT2D eigenvalue weighted by atomic mass is 16.5. The van der Waals surface area contributed by atoms with E-state index in [0.29, 0.717) is 0 Å². The van der Waals surface area contributed by atoms with E-state index in [0.717, 1.165) is 21.9 Å². The summed E-state index contributed by atoms with van der Waals surface area (Å²) in [4.78, 5) is 23.3. The van der Waals surface area contributed by atoms with E-state index >= 15 is 0 Å². The molecule has 4 heteroatoms. The summed E-state index contributed by atoms with van der Waals surface area (Å²) in [5.41, 5.74) is 1.77. The molecule has 0 heterocycles. The number of hydrogen-bond acceptors (Lipinski definition) is 4. The van der Waals surface area contributed by atoms with Crippen LogP contribution in [0, 0.1) is 0 Å². The summed E-state index contributed by atoms with van der Waals surface area (Å²) >= 11 is 0. The van der Waals surface area contributed by atoms with Crippen LogP contribution < -0.4 is 0 Å². The first kappa shape index (κ1) is 17.5. The van der Waals surface area contributed by atoms with Crippen LogP contribution in [0.5, 0.6) is 0 Å². The maximum absolute atomic E-state index is 11.6. The Balaban J connectivity index is 2.07. The normalized spacial score (nSPS) is 10.2. The van der Waals surface area contributed by atoms with Crippen LogP contribution in [0.4, 0.5) is 0 Å². The van der Waals surface area contributed by atoms with Gasteiger partial charge in [0.15, 0.2) is 0 Å². The van der Waals surface area contributed by atoms with Crippen molar-refractivity contribution < 1.29 is 19.1 Å². The van der Waals surface area contributed by atoms with E-state index in [4.69, 9.17) is 9.47 Å². The highest BCUT2D eigenvalue weighted by Gasteiger charge is 2.07. The lowest BCUT2D eigenvalue weighted by Crippen LogP contribution is -2.08. The van der Waals surface area contributed by atoms with Gasteiger partial charge in [0.25, 0.3) is 0 Å². The molecule has 0 unspecified atom stereocenters. The predicted octanol–water partition coefficient (Wildman–Crippen LogP) is 3.38. The number of carbonyl (C=O) groups excluding carboxylic acids is 2. The first-order chi connectivity index (χ1) is 11.6. The molecule has 0 aromatic heterocycles. The van der Waals surface area contributed by atoms with E-state index < -0.39 is 0 Å². The minimum Gasteiger partial charge on any atom is -0.461 e. The van der Waals surface area contributed by atoms with Gasteiger partial charge >= 0.3 is 11.9 Å². The molecule has 0 N–H and O–H groups in total. The average Bonchev–Trinajstić information content (AvgIpc) is 2.58. The first-order valence-electron chi connectivity index (χ1n) is 7.67. The van der Waals surface area contributed by atoms with Crippen molar-refractivity contribution in [3.63, 3.8) is 0 Å². The highest BCUT2D eigenvalue weighted by Crippen LogP contribution is 2.19. The fraction of sp³-hybridized carbons (Fsp3) is 0.200. The molecule has 0 radical (unpaired) electrons. The molecular formula is C20H20O4. The number of rotatable bonds is 8. The molecule has 0 aliphatic heterocycles. The topological polar surface area (TPSA) is 52.6 Å². The molecule has 124 valence electrons. The Morgan fingerprint density at radius 1 is 0.792 bits per heavy atom. The number of fused-ring (bicyclic) bond motifs is 1. The van der Waals surface area contributed by atoms with Crippen LogP contribution in [-0.2, 0) is 31.9 Å². The zero-order valence-electron chi connectivity index (χ0n) is 13.5. The molecule has 0 saturated heterocycles.